The first-order chi connectivity index (χ1) is 6.17. The summed E-state index contributed by atoms with van der Waals surface area (Å²) in [5.41, 5.74) is -0.0353. The Labute approximate surface area is 77.5 Å². The molecule has 0 unspecified atom stereocenters. The normalized spacial score (nSPS) is 10.8. The smallest absolute Gasteiger partial charge is 0.344 e. The van der Waals surface area contributed by atoms with Gasteiger partial charge in [-0.1, -0.05) is 6.92 Å². The van der Waals surface area contributed by atoms with Crippen molar-refractivity contribution in [1.82, 2.24) is 0 Å². The summed E-state index contributed by atoms with van der Waals surface area (Å²) < 4.78 is 9.28. The summed E-state index contributed by atoms with van der Waals surface area (Å²) in [6.45, 7) is 3.60. The van der Waals surface area contributed by atoms with Crippen molar-refractivity contribution in [2.24, 2.45) is 0 Å². The minimum Gasteiger partial charge on any atom is -0.503 e. The second kappa shape index (κ2) is 6.22. The molecule has 0 spiro atoms. The van der Waals surface area contributed by atoms with Crippen LogP contribution >= 0.6 is 0 Å². The highest BCUT2D eigenvalue weighted by Crippen LogP contribution is 2.03. The first-order valence-corrected chi connectivity index (χ1v) is 4.10. The Kier molecular flexibility index (Phi) is 5.59. The molecule has 0 bridgehead atoms. The van der Waals surface area contributed by atoms with Gasteiger partial charge in [0.2, 0.25) is 0 Å². The molecule has 0 radical (unpaired) electrons. The Hall–Kier alpha value is -1.32. The van der Waals surface area contributed by atoms with Gasteiger partial charge in [0.25, 0.3) is 0 Å². The third-order valence-corrected chi connectivity index (χ3v) is 1.35. The molecule has 0 N–H and O–H groups in total. The quantitative estimate of drug-likeness (QED) is 0.212. The van der Waals surface area contributed by atoms with Gasteiger partial charge in [-0.15, -0.1) is 0 Å². The van der Waals surface area contributed by atoms with Crippen molar-refractivity contribution in [2.45, 2.75) is 20.3 Å². The average Bonchev–Trinajstić information content (AvgIpc) is 2.13. The van der Waals surface area contributed by atoms with Crippen LogP contribution in [0.1, 0.15) is 20.3 Å². The van der Waals surface area contributed by atoms with E-state index >= 15 is 0 Å². The van der Waals surface area contributed by atoms with E-state index in [0.717, 1.165) is 6.26 Å². The number of Topliss-reactive ketones (excluding diaryl/α,β-unsaturated/α-hetero) is 1. The van der Waals surface area contributed by atoms with Gasteiger partial charge in [-0.05, 0) is 6.92 Å². The standard InChI is InChI=1S/C9H14O4/c1-4-8(10)7(6-12-3)9(11)13-5-2/h6H,4-5H2,1-3H3. The molecule has 0 atom stereocenters. The first kappa shape index (κ1) is 11.7. The molecule has 74 valence electrons. The molecule has 0 aromatic carbocycles. The van der Waals surface area contributed by atoms with Crippen molar-refractivity contribution in [1.29, 1.82) is 0 Å². The van der Waals surface area contributed by atoms with Gasteiger partial charge in [0.05, 0.1) is 13.7 Å². The Balaban J connectivity index is 4.52. The van der Waals surface area contributed by atoms with E-state index < -0.39 is 5.97 Å². The van der Waals surface area contributed by atoms with E-state index in [-0.39, 0.29) is 24.4 Å². The molecule has 0 aliphatic heterocycles. The number of ether oxygens (including phenoxy) is 2. The SMILES string of the molecule is CCOC(=O)C(=COC)C(=O)CC. The molecule has 13 heavy (non-hydrogen) atoms. The van der Waals surface area contributed by atoms with Gasteiger partial charge in [-0.3, -0.25) is 4.79 Å². The van der Waals surface area contributed by atoms with Gasteiger partial charge < -0.3 is 9.47 Å². The van der Waals surface area contributed by atoms with E-state index in [1.54, 1.807) is 13.8 Å². The minimum absolute atomic E-state index is 0.0353. The number of hydrogen-bond donors (Lipinski definition) is 0. The summed E-state index contributed by atoms with van der Waals surface area (Å²) in [7, 11) is 1.38. The lowest BCUT2D eigenvalue weighted by molar-refractivity contribution is -0.140. The van der Waals surface area contributed by atoms with Crippen LogP contribution in [0.5, 0.6) is 0 Å². The summed E-state index contributed by atoms with van der Waals surface area (Å²) in [4.78, 5) is 22.3. The molecule has 0 aromatic rings. The van der Waals surface area contributed by atoms with Crippen LogP contribution < -0.4 is 0 Å². The number of ketones is 1. The van der Waals surface area contributed by atoms with Crippen LogP contribution in [0, 0.1) is 0 Å². The maximum absolute atomic E-state index is 11.2. The molecule has 0 saturated carbocycles. The molecule has 0 heterocycles. The summed E-state index contributed by atoms with van der Waals surface area (Å²) in [6.07, 6.45) is 1.37. The van der Waals surface area contributed by atoms with Crippen molar-refractivity contribution in [2.75, 3.05) is 13.7 Å². The monoisotopic (exact) mass is 186 g/mol. The molecular weight excluding hydrogens is 172 g/mol. The van der Waals surface area contributed by atoms with Crippen LogP contribution in [0.25, 0.3) is 0 Å². The van der Waals surface area contributed by atoms with Crippen molar-refractivity contribution in [3.63, 3.8) is 0 Å². The molecule has 0 fully saturated rings. The van der Waals surface area contributed by atoms with Gasteiger partial charge >= 0.3 is 5.97 Å². The Morgan fingerprint density at radius 3 is 2.31 bits per heavy atom. The van der Waals surface area contributed by atoms with Gasteiger partial charge in [-0.2, -0.15) is 0 Å². The second-order valence-electron chi connectivity index (χ2n) is 2.26. The Bertz CT molecular complexity index is 218. The fourth-order valence-corrected chi connectivity index (χ4v) is 0.745. The predicted octanol–water partition coefficient (Wildman–Crippen LogP) is 1.06. The molecule has 0 aromatic heterocycles. The van der Waals surface area contributed by atoms with E-state index in [9.17, 15) is 9.59 Å². The number of esters is 1. The molecule has 0 aliphatic carbocycles. The van der Waals surface area contributed by atoms with Gasteiger partial charge in [0.1, 0.15) is 11.8 Å². The maximum Gasteiger partial charge on any atom is 0.344 e. The van der Waals surface area contributed by atoms with E-state index in [0.29, 0.717) is 0 Å². The maximum atomic E-state index is 11.2. The second-order valence-corrected chi connectivity index (χ2v) is 2.26. The van der Waals surface area contributed by atoms with Crippen LogP contribution in [0.2, 0.25) is 0 Å². The predicted molar refractivity (Wildman–Crippen MR) is 47.0 cm³/mol. The van der Waals surface area contributed by atoms with Crippen LogP contribution in [-0.2, 0) is 19.1 Å². The van der Waals surface area contributed by atoms with Gasteiger partial charge in [0.15, 0.2) is 5.78 Å². The lowest BCUT2D eigenvalue weighted by Gasteiger charge is -2.03. The van der Waals surface area contributed by atoms with Crippen LogP contribution in [0.3, 0.4) is 0 Å². The van der Waals surface area contributed by atoms with E-state index in [4.69, 9.17) is 0 Å². The number of carbonyl (C=O) groups is 2. The molecular formula is C9H14O4. The highest BCUT2D eigenvalue weighted by atomic mass is 16.5. The molecule has 4 nitrogen and oxygen atoms in total. The summed E-state index contributed by atoms with van der Waals surface area (Å²) >= 11 is 0. The zero-order chi connectivity index (χ0) is 10.3. The van der Waals surface area contributed by atoms with Crippen molar-refractivity contribution in [3.8, 4) is 0 Å². The van der Waals surface area contributed by atoms with E-state index in [1.807, 2.05) is 0 Å². The topological polar surface area (TPSA) is 52.6 Å². The van der Waals surface area contributed by atoms with E-state index in [1.165, 1.54) is 7.11 Å². The number of hydrogen-bond acceptors (Lipinski definition) is 4. The number of carbonyl (C=O) groups excluding carboxylic acids is 2. The average molecular weight is 186 g/mol. The highest BCUT2D eigenvalue weighted by molar-refractivity contribution is 6.16. The molecule has 0 saturated heterocycles. The fraction of sp³-hybridized carbons (Fsp3) is 0.556. The Morgan fingerprint density at radius 2 is 1.92 bits per heavy atom. The van der Waals surface area contributed by atoms with Gasteiger partial charge in [0, 0.05) is 6.42 Å². The lowest BCUT2D eigenvalue weighted by atomic mass is 10.1. The molecule has 0 amide bonds. The van der Waals surface area contributed by atoms with Crippen molar-refractivity contribution < 1.29 is 19.1 Å². The van der Waals surface area contributed by atoms with Crippen LogP contribution in [-0.4, -0.2) is 25.5 Å². The van der Waals surface area contributed by atoms with Gasteiger partial charge in [-0.25, -0.2) is 4.79 Å². The zero-order valence-electron chi connectivity index (χ0n) is 8.12. The van der Waals surface area contributed by atoms with Crippen LogP contribution in [0.15, 0.2) is 11.8 Å². The molecule has 0 aliphatic rings. The highest BCUT2D eigenvalue weighted by Gasteiger charge is 2.17. The lowest BCUT2D eigenvalue weighted by Crippen LogP contribution is -2.15. The summed E-state index contributed by atoms with van der Waals surface area (Å²) in [5.74, 6) is -0.906. The summed E-state index contributed by atoms with van der Waals surface area (Å²) in [5, 5.41) is 0. The van der Waals surface area contributed by atoms with E-state index in [2.05, 4.69) is 9.47 Å². The third kappa shape index (κ3) is 3.73. The first-order valence-electron chi connectivity index (χ1n) is 4.10. The fourth-order valence-electron chi connectivity index (χ4n) is 0.745. The number of methoxy groups -OCH3 is 1. The zero-order valence-corrected chi connectivity index (χ0v) is 8.12. The number of rotatable bonds is 5. The molecule has 4 heteroatoms. The largest absolute Gasteiger partial charge is 0.503 e. The Morgan fingerprint density at radius 1 is 1.31 bits per heavy atom. The van der Waals surface area contributed by atoms with Crippen molar-refractivity contribution in [3.05, 3.63) is 11.8 Å². The van der Waals surface area contributed by atoms with Crippen LogP contribution in [0.4, 0.5) is 0 Å². The molecule has 0 rings (SSSR count). The third-order valence-electron chi connectivity index (χ3n) is 1.35. The van der Waals surface area contributed by atoms with Crippen molar-refractivity contribution >= 4 is 11.8 Å². The minimum atomic E-state index is -0.629. The summed E-state index contributed by atoms with van der Waals surface area (Å²) in [6, 6.07) is 0.